The number of carbonyl (C=O) groups is 1. The zero-order valence-electron chi connectivity index (χ0n) is 9.46. The van der Waals surface area contributed by atoms with E-state index in [-0.39, 0.29) is 6.03 Å². The fourth-order valence-electron chi connectivity index (χ4n) is 2.27. The molecule has 1 aliphatic heterocycles. The van der Waals surface area contributed by atoms with Crippen molar-refractivity contribution in [2.24, 2.45) is 5.92 Å². The maximum atomic E-state index is 11.7. The summed E-state index contributed by atoms with van der Waals surface area (Å²) < 4.78 is 0. The van der Waals surface area contributed by atoms with E-state index in [9.17, 15) is 4.79 Å². The summed E-state index contributed by atoms with van der Waals surface area (Å²) in [4.78, 5) is 13.7. The molecule has 15 heavy (non-hydrogen) atoms. The van der Waals surface area contributed by atoms with Gasteiger partial charge in [-0.2, -0.15) is 0 Å². The maximum Gasteiger partial charge on any atom is 0.317 e. The number of rotatable bonds is 3. The molecule has 2 N–H and O–H groups in total. The predicted molar refractivity (Wildman–Crippen MR) is 59.8 cm³/mol. The van der Waals surface area contributed by atoms with E-state index in [0.29, 0.717) is 12.0 Å². The van der Waals surface area contributed by atoms with Crippen LogP contribution >= 0.6 is 0 Å². The van der Waals surface area contributed by atoms with Gasteiger partial charge < -0.3 is 15.5 Å². The molecule has 1 heterocycles. The topological polar surface area (TPSA) is 44.4 Å². The first kappa shape index (κ1) is 10.7. The van der Waals surface area contributed by atoms with E-state index in [1.54, 1.807) is 7.05 Å². The molecule has 2 fully saturated rings. The largest absolute Gasteiger partial charge is 0.341 e. The Morgan fingerprint density at radius 2 is 2.00 bits per heavy atom. The second kappa shape index (κ2) is 4.84. The maximum absolute atomic E-state index is 11.7. The summed E-state index contributed by atoms with van der Waals surface area (Å²) in [7, 11) is 1.72. The van der Waals surface area contributed by atoms with Crippen LogP contribution in [0.1, 0.15) is 25.7 Å². The number of nitrogens with zero attached hydrogens (tertiary/aromatic N) is 1. The molecule has 0 atom stereocenters. The molecule has 2 rings (SSSR count). The van der Waals surface area contributed by atoms with Crippen LogP contribution < -0.4 is 10.6 Å². The molecular weight excluding hydrogens is 190 g/mol. The minimum absolute atomic E-state index is 0.107. The van der Waals surface area contributed by atoms with E-state index < -0.39 is 0 Å². The van der Waals surface area contributed by atoms with E-state index in [1.807, 2.05) is 4.90 Å². The van der Waals surface area contributed by atoms with E-state index in [4.69, 9.17) is 0 Å². The third kappa shape index (κ3) is 2.84. The Morgan fingerprint density at radius 1 is 1.33 bits per heavy atom. The molecule has 4 nitrogen and oxygen atoms in total. The van der Waals surface area contributed by atoms with Gasteiger partial charge in [0.05, 0.1) is 0 Å². The van der Waals surface area contributed by atoms with Crippen LogP contribution in [-0.4, -0.2) is 43.7 Å². The van der Waals surface area contributed by atoms with Crippen molar-refractivity contribution in [2.75, 3.05) is 26.7 Å². The Kier molecular flexibility index (Phi) is 3.46. The number of piperidine rings is 1. The van der Waals surface area contributed by atoms with Gasteiger partial charge >= 0.3 is 6.03 Å². The van der Waals surface area contributed by atoms with Crippen molar-refractivity contribution < 1.29 is 4.79 Å². The lowest BCUT2D eigenvalue weighted by atomic mass is 9.97. The molecule has 1 aliphatic carbocycles. The molecule has 0 aromatic heterocycles. The number of nitrogens with one attached hydrogen (secondary N) is 2. The van der Waals surface area contributed by atoms with Crippen molar-refractivity contribution in [1.29, 1.82) is 0 Å². The van der Waals surface area contributed by atoms with Crippen LogP contribution in [0.3, 0.4) is 0 Å². The lowest BCUT2D eigenvalue weighted by Crippen LogP contribution is -2.44. The molecule has 0 bridgehead atoms. The van der Waals surface area contributed by atoms with E-state index in [2.05, 4.69) is 10.6 Å². The number of amides is 2. The van der Waals surface area contributed by atoms with Crippen LogP contribution in [0.2, 0.25) is 0 Å². The van der Waals surface area contributed by atoms with Gasteiger partial charge in [-0.3, -0.25) is 0 Å². The van der Waals surface area contributed by atoms with E-state index in [1.165, 1.54) is 25.7 Å². The molecule has 0 aromatic rings. The highest BCUT2D eigenvalue weighted by molar-refractivity contribution is 5.74. The Bertz CT molecular complexity index is 222. The number of hydrogen-bond donors (Lipinski definition) is 2. The van der Waals surface area contributed by atoms with Gasteiger partial charge in [0, 0.05) is 19.6 Å². The van der Waals surface area contributed by atoms with Crippen LogP contribution in [0, 0.1) is 5.92 Å². The van der Waals surface area contributed by atoms with Crippen LogP contribution in [0.15, 0.2) is 0 Å². The highest BCUT2D eigenvalue weighted by atomic mass is 16.2. The Labute approximate surface area is 91.4 Å². The molecule has 0 radical (unpaired) electrons. The van der Waals surface area contributed by atoms with Gasteiger partial charge in [-0.25, -0.2) is 4.79 Å². The minimum atomic E-state index is 0.107. The van der Waals surface area contributed by atoms with Crippen molar-refractivity contribution in [3.63, 3.8) is 0 Å². The van der Waals surface area contributed by atoms with Crippen molar-refractivity contribution in [3.8, 4) is 0 Å². The number of urea groups is 1. The van der Waals surface area contributed by atoms with Crippen LogP contribution in [0.5, 0.6) is 0 Å². The monoisotopic (exact) mass is 211 g/mol. The molecule has 2 amide bonds. The predicted octanol–water partition coefficient (Wildman–Crippen LogP) is 0.790. The van der Waals surface area contributed by atoms with Crippen LogP contribution in [0.4, 0.5) is 4.79 Å². The summed E-state index contributed by atoms with van der Waals surface area (Å²) in [5, 5.41) is 6.10. The van der Waals surface area contributed by atoms with Crippen molar-refractivity contribution in [1.82, 2.24) is 15.5 Å². The lowest BCUT2D eigenvalue weighted by Gasteiger charge is -2.29. The molecule has 0 spiro atoms. The quantitative estimate of drug-likeness (QED) is 0.725. The minimum Gasteiger partial charge on any atom is -0.341 e. The van der Waals surface area contributed by atoms with Gasteiger partial charge in [-0.15, -0.1) is 0 Å². The molecule has 2 aliphatic rings. The first-order valence-corrected chi connectivity index (χ1v) is 6.00. The smallest absolute Gasteiger partial charge is 0.317 e. The SMILES string of the molecule is CNC(=O)N(CC1CCNCC1)C1CC1. The Balaban J connectivity index is 1.84. The van der Waals surface area contributed by atoms with E-state index >= 15 is 0 Å². The summed E-state index contributed by atoms with van der Waals surface area (Å²) in [5.41, 5.74) is 0. The summed E-state index contributed by atoms with van der Waals surface area (Å²) >= 11 is 0. The number of hydrogen-bond acceptors (Lipinski definition) is 2. The van der Waals surface area contributed by atoms with Crippen molar-refractivity contribution in [2.45, 2.75) is 31.7 Å². The first-order valence-electron chi connectivity index (χ1n) is 6.00. The van der Waals surface area contributed by atoms with Gasteiger partial charge in [0.1, 0.15) is 0 Å². The molecule has 86 valence electrons. The zero-order chi connectivity index (χ0) is 10.7. The molecular formula is C11H21N3O. The second-order valence-corrected chi connectivity index (χ2v) is 4.63. The summed E-state index contributed by atoms with van der Waals surface area (Å²) in [5.74, 6) is 0.698. The molecule has 0 unspecified atom stereocenters. The highest BCUT2D eigenvalue weighted by Gasteiger charge is 2.33. The molecule has 0 aromatic carbocycles. The molecule has 1 saturated heterocycles. The molecule has 1 saturated carbocycles. The fraction of sp³-hybridized carbons (Fsp3) is 0.909. The zero-order valence-corrected chi connectivity index (χ0v) is 9.46. The van der Waals surface area contributed by atoms with Gasteiger partial charge in [0.15, 0.2) is 0 Å². The third-order valence-electron chi connectivity index (χ3n) is 3.38. The number of carbonyl (C=O) groups excluding carboxylic acids is 1. The second-order valence-electron chi connectivity index (χ2n) is 4.63. The van der Waals surface area contributed by atoms with Crippen molar-refractivity contribution >= 4 is 6.03 Å². The summed E-state index contributed by atoms with van der Waals surface area (Å²) in [6.45, 7) is 3.17. The highest BCUT2D eigenvalue weighted by Crippen LogP contribution is 2.28. The van der Waals surface area contributed by atoms with Gasteiger partial charge in [-0.1, -0.05) is 0 Å². The average molecular weight is 211 g/mol. The normalized spacial score (nSPS) is 22.5. The standard InChI is InChI=1S/C11H21N3O/c1-12-11(15)14(10-2-3-10)8-9-4-6-13-7-5-9/h9-10,13H,2-8H2,1H3,(H,12,15). The lowest BCUT2D eigenvalue weighted by molar-refractivity contribution is 0.178. The average Bonchev–Trinajstić information content (AvgIpc) is 3.10. The summed E-state index contributed by atoms with van der Waals surface area (Å²) in [6.07, 6.45) is 4.80. The van der Waals surface area contributed by atoms with Crippen LogP contribution in [-0.2, 0) is 0 Å². The van der Waals surface area contributed by atoms with Gasteiger partial charge in [0.25, 0.3) is 0 Å². The Hall–Kier alpha value is -0.770. The van der Waals surface area contributed by atoms with Crippen molar-refractivity contribution in [3.05, 3.63) is 0 Å². The fourth-order valence-corrected chi connectivity index (χ4v) is 2.27. The summed E-state index contributed by atoms with van der Waals surface area (Å²) in [6, 6.07) is 0.635. The van der Waals surface area contributed by atoms with Crippen LogP contribution in [0.25, 0.3) is 0 Å². The van der Waals surface area contributed by atoms with Gasteiger partial charge in [-0.05, 0) is 44.7 Å². The third-order valence-corrected chi connectivity index (χ3v) is 3.38. The van der Waals surface area contributed by atoms with E-state index in [0.717, 1.165) is 19.6 Å². The molecule has 4 heteroatoms. The first-order chi connectivity index (χ1) is 7.31. The Morgan fingerprint density at radius 3 is 2.53 bits per heavy atom. The van der Waals surface area contributed by atoms with Gasteiger partial charge in [0.2, 0.25) is 0 Å².